The number of nitrogens with zero attached hydrogens (tertiary/aromatic N) is 1. The van der Waals surface area contributed by atoms with Gasteiger partial charge in [0.25, 0.3) is 0 Å². The van der Waals surface area contributed by atoms with Crippen molar-refractivity contribution >= 4 is 37.5 Å². The molecule has 0 aromatic heterocycles. The summed E-state index contributed by atoms with van der Waals surface area (Å²) in [5.74, 6) is -0.258. The fraction of sp³-hybridized carbons (Fsp3) is 0.0769. The molecule has 0 aliphatic carbocycles. The minimum absolute atomic E-state index is 0.00473. The van der Waals surface area contributed by atoms with Gasteiger partial charge in [0.15, 0.2) is 0 Å². The van der Waals surface area contributed by atoms with Crippen LogP contribution in [0.5, 0.6) is 11.5 Å². The van der Waals surface area contributed by atoms with Gasteiger partial charge in [-0.2, -0.15) is 0 Å². The Hall–Kier alpha value is -1.47. The minimum Gasteiger partial charge on any atom is -0.450 e. The third-order valence-electron chi connectivity index (χ3n) is 2.51. The summed E-state index contributed by atoms with van der Waals surface area (Å²) in [6, 6.07) is 8.39. The summed E-state index contributed by atoms with van der Waals surface area (Å²) in [5, 5.41) is 11.5. The van der Waals surface area contributed by atoms with Crippen LogP contribution in [0.1, 0.15) is 5.56 Å². The monoisotopic (exact) mass is 403 g/mol. The van der Waals surface area contributed by atoms with Crippen LogP contribution in [-0.2, 0) is 5.33 Å². The SMILES string of the molecule is O=[N+]([O-])c1cc(F)ccc1Oc1ccc(CBr)c(Br)c1. The molecule has 0 aliphatic heterocycles. The van der Waals surface area contributed by atoms with Crippen LogP contribution >= 0.6 is 31.9 Å². The van der Waals surface area contributed by atoms with E-state index >= 15 is 0 Å². The molecule has 2 rings (SSSR count). The average Bonchev–Trinajstić information content (AvgIpc) is 2.41. The first-order valence-electron chi connectivity index (χ1n) is 5.47. The van der Waals surface area contributed by atoms with Gasteiger partial charge in [-0.1, -0.05) is 37.9 Å². The molecule has 2 aromatic carbocycles. The lowest BCUT2D eigenvalue weighted by atomic mass is 10.2. The highest BCUT2D eigenvalue weighted by atomic mass is 79.9. The molecular formula is C13H8Br2FNO3. The van der Waals surface area contributed by atoms with E-state index in [0.717, 1.165) is 22.2 Å². The fourth-order valence-corrected chi connectivity index (χ4v) is 2.91. The molecule has 2 aromatic rings. The molecule has 0 radical (unpaired) electrons. The van der Waals surface area contributed by atoms with Crippen molar-refractivity contribution in [1.29, 1.82) is 0 Å². The van der Waals surface area contributed by atoms with Crippen molar-refractivity contribution in [2.75, 3.05) is 0 Å². The zero-order valence-electron chi connectivity index (χ0n) is 9.98. The van der Waals surface area contributed by atoms with Crippen LogP contribution in [0.2, 0.25) is 0 Å². The predicted molar refractivity (Wildman–Crippen MR) is 79.9 cm³/mol. The van der Waals surface area contributed by atoms with Crippen molar-refractivity contribution in [3.8, 4) is 11.5 Å². The van der Waals surface area contributed by atoms with Gasteiger partial charge in [0.05, 0.1) is 11.0 Å². The van der Waals surface area contributed by atoms with E-state index in [1.807, 2.05) is 6.07 Å². The Bertz CT molecular complexity index is 664. The molecule has 0 atom stereocenters. The summed E-state index contributed by atoms with van der Waals surface area (Å²) in [6.45, 7) is 0. The van der Waals surface area contributed by atoms with E-state index in [9.17, 15) is 14.5 Å². The fourth-order valence-electron chi connectivity index (χ4n) is 1.55. The molecule has 104 valence electrons. The van der Waals surface area contributed by atoms with Crippen LogP contribution in [0.25, 0.3) is 0 Å². The van der Waals surface area contributed by atoms with E-state index in [1.165, 1.54) is 6.07 Å². The first kappa shape index (κ1) is 14.9. The Labute approximate surface area is 131 Å². The van der Waals surface area contributed by atoms with Crippen molar-refractivity contribution in [2.45, 2.75) is 5.33 Å². The number of hydrogen-bond donors (Lipinski definition) is 0. The highest BCUT2D eigenvalue weighted by molar-refractivity contribution is 9.10. The van der Waals surface area contributed by atoms with Gasteiger partial charge in [0.2, 0.25) is 5.75 Å². The van der Waals surface area contributed by atoms with Crippen LogP contribution in [0.4, 0.5) is 10.1 Å². The van der Waals surface area contributed by atoms with E-state index in [-0.39, 0.29) is 5.75 Å². The van der Waals surface area contributed by atoms with Crippen LogP contribution in [-0.4, -0.2) is 4.92 Å². The maximum Gasteiger partial charge on any atom is 0.314 e. The maximum absolute atomic E-state index is 13.0. The molecule has 0 N–H and O–H groups in total. The van der Waals surface area contributed by atoms with E-state index in [1.54, 1.807) is 12.1 Å². The lowest BCUT2D eigenvalue weighted by molar-refractivity contribution is -0.385. The van der Waals surface area contributed by atoms with Crippen LogP contribution in [0, 0.1) is 15.9 Å². The van der Waals surface area contributed by atoms with Gasteiger partial charge >= 0.3 is 5.69 Å². The smallest absolute Gasteiger partial charge is 0.314 e. The second-order valence-electron chi connectivity index (χ2n) is 3.86. The van der Waals surface area contributed by atoms with Gasteiger partial charge in [-0.15, -0.1) is 0 Å². The van der Waals surface area contributed by atoms with Gasteiger partial charge in [0.1, 0.15) is 11.6 Å². The van der Waals surface area contributed by atoms with Crippen LogP contribution < -0.4 is 4.74 Å². The molecule has 0 spiro atoms. The number of hydrogen-bond acceptors (Lipinski definition) is 3. The Kier molecular flexibility index (Phi) is 4.72. The standard InChI is InChI=1S/C13H8Br2FNO3/c14-7-8-1-3-10(6-11(8)15)20-13-4-2-9(16)5-12(13)17(18)19/h1-6H,7H2. The topological polar surface area (TPSA) is 52.4 Å². The number of halogens is 3. The number of alkyl halides is 1. The molecule has 0 amide bonds. The van der Waals surface area contributed by atoms with Crippen molar-refractivity contribution in [1.82, 2.24) is 0 Å². The number of nitro benzene ring substituents is 1. The molecule has 4 nitrogen and oxygen atoms in total. The van der Waals surface area contributed by atoms with Gasteiger partial charge < -0.3 is 4.74 Å². The molecule has 0 heterocycles. The zero-order chi connectivity index (χ0) is 14.7. The summed E-state index contributed by atoms with van der Waals surface area (Å²) in [7, 11) is 0. The highest BCUT2D eigenvalue weighted by Crippen LogP contribution is 2.33. The number of rotatable bonds is 4. The van der Waals surface area contributed by atoms with E-state index in [2.05, 4.69) is 31.9 Å². The first-order valence-corrected chi connectivity index (χ1v) is 7.39. The number of ether oxygens (including phenoxy) is 1. The molecule has 0 aliphatic rings. The molecular weight excluding hydrogens is 397 g/mol. The zero-order valence-corrected chi connectivity index (χ0v) is 13.1. The number of benzene rings is 2. The Morgan fingerprint density at radius 2 is 2.00 bits per heavy atom. The van der Waals surface area contributed by atoms with E-state index < -0.39 is 16.4 Å². The average molecular weight is 405 g/mol. The molecule has 0 bridgehead atoms. The largest absolute Gasteiger partial charge is 0.450 e. The second kappa shape index (κ2) is 6.32. The summed E-state index contributed by atoms with van der Waals surface area (Å²) < 4.78 is 19.3. The molecule has 0 fully saturated rings. The molecule has 20 heavy (non-hydrogen) atoms. The van der Waals surface area contributed by atoms with Crippen molar-refractivity contribution in [3.63, 3.8) is 0 Å². The third kappa shape index (κ3) is 3.34. The highest BCUT2D eigenvalue weighted by Gasteiger charge is 2.17. The first-order chi connectivity index (χ1) is 9.51. The van der Waals surface area contributed by atoms with Crippen LogP contribution in [0.15, 0.2) is 40.9 Å². The summed E-state index contributed by atoms with van der Waals surface area (Å²) >= 11 is 6.71. The van der Waals surface area contributed by atoms with Crippen LogP contribution in [0.3, 0.4) is 0 Å². The predicted octanol–water partition coefficient (Wildman–Crippen LogP) is 5.18. The maximum atomic E-state index is 13.0. The molecule has 0 saturated carbocycles. The van der Waals surface area contributed by atoms with Crippen molar-refractivity contribution < 1.29 is 14.1 Å². The minimum atomic E-state index is -0.681. The molecule has 0 saturated heterocycles. The summed E-state index contributed by atoms with van der Waals surface area (Å²) in [4.78, 5) is 10.2. The molecule has 0 unspecified atom stereocenters. The van der Waals surface area contributed by atoms with Crippen molar-refractivity contribution in [2.24, 2.45) is 0 Å². The second-order valence-corrected chi connectivity index (χ2v) is 5.27. The van der Waals surface area contributed by atoms with Crippen molar-refractivity contribution in [3.05, 3.63) is 62.4 Å². The summed E-state index contributed by atoms with van der Waals surface area (Å²) in [6.07, 6.45) is 0. The van der Waals surface area contributed by atoms with Gasteiger partial charge in [-0.05, 0) is 29.8 Å². The van der Waals surface area contributed by atoms with Gasteiger partial charge in [0, 0.05) is 9.80 Å². The number of nitro groups is 1. The van der Waals surface area contributed by atoms with E-state index in [0.29, 0.717) is 11.1 Å². The van der Waals surface area contributed by atoms with Gasteiger partial charge in [-0.3, -0.25) is 10.1 Å². The normalized spacial score (nSPS) is 10.3. The lowest BCUT2D eigenvalue weighted by Gasteiger charge is -2.08. The van der Waals surface area contributed by atoms with Gasteiger partial charge in [-0.25, -0.2) is 4.39 Å². The summed E-state index contributed by atoms with van der Waals surface area (Å²) in [5.41, 5.74) is 0.608. The Morgan fingerprint density at radius 3 is 2.60 bits per heavy atom. The quantitative estimate of drug-likeness (QED) is 0.400. The lowest BCUT2D eigenvalue weighted by Crippen LogP contribution is -1.94. The Morgan fingerprint density at radius 1 is 1.25 bits per heavy atom. The third-order valence-corrected chi connectivity index (χ3v) is 3.86. The molecule has 7 heteroatoms. The van der Waals surface area contributed by atoms with E-state index in [4.69, 9.17) is 4.74 Å². The Balaban J connectivity index is 2.35.